The van der Waals surface area contributed by atoms with Crippen molar-refractivity contribution in [1.82, 2.24) is 9.62 Å². The average molecular weight is 394 g/mol. The van der Waals surface area contributed by atoms with Crippen LogP contribution in [0.1, 0.15) is 17.3 Å². The maximum atomic E-state index is 12.7. The molecule has 1 aromatic rings. The van der Waals surface area contributed by atoms with Crippen LogP contribution in [0.25, 0.3) is 0 Å². The van der Waals surface area contributed by atoms with E-state index in [2.05, 4.69) is 5.32 Å². The Morgan fingerprint density at radius 3 is 2.60 bits per heavy atom. The summed E-state index contributed by atoms with van der Waals surface area (Å²) in [5.74, 6) is -0.124. The van der Waals surface area contributed by atoms with Gasteiger partial charge in [-0.05, 0) is 25.1 Å². The van der Waals surface area contributed by atoms with Crippen molar-refractivity contribution in [2.75, 3.05) is 40.0 Å². The maximum absolute atomic E-state index is 12.7. The molecule has 1 fully saturated rings. The summed E-state index contributed by atoms with van der Waals surface area (Å²) in [6, 6.07) is 4.02. The first kappa shape index (κ1) is 21.7. The van der Waals surface area contributed by atoms with E-state index < -0.39 is 15.9 Å². The van der Waals surface area contributed by atoms with Gasteiger partial charge in [0, 0.05) is 25.7 Å². The van der Waals surface area contributed by atoms with Gasteiger partial charge < -0.3 is 20.5 Å². The normalized spacial score (nSPS) is 16.6. The van der Waals surface area contributed by atoms with Crippen LogP contribution in [0.2, 0.25) is 0 Å². The molecule has 25 heavy (non-hydrogen) atoms. The highest BCUT2D eigenvalue weighted by molar-refractivity contribution is 7.89. The predicted octanol–water partition coefficient (Wildman–Crippen LogP) is 0.215. The Morgan fingerprint density at radius 2 is 2.04 bits per heavy atom. The van der Waals surface area contributed by atoms with Gasteiger partial charge in [-0.3, -0.25) is 4.79 Å². The van der Waals surface area contributed by atoms with Gasteiger partial charge in [-0.2, -0.15) is 4.31 Å². The number of carbonyl (C=O) groups excluding carboxylic acids is 1. The zero-order valence-electron chi connectivity index (χ0n) is 14.2. The third kappa shape index (κ3) is 5.05. The van der Waals surface area contributed by atoms with E-state index >= 15 is 0 Å². The molecule has 0 aromatic heterocycles. The van der Waals surface area contributed by atoms with Crippen molar-refractivity contribution in [3.8, 4) is 5.75 Å². The van der Waals surface area contributed by atoms with Crippen molar-refractivity contribution < 1.29 is 22.7 Å². The van der Waals surface area contributed by atoms with Crippen molar-refractivity contribution >= 4 is 28.3 Å². The lowest BCUT2D eigenvalue weighted by Gasteiger charge is -2.26. The number of benzene rings is 1. The average Bonchev–Trinajstić information content (AvgIpc) is 2.61. The van der Waals surface area contributed by atoms with E-state index in [9.17, 15) is 13.2 Å². The van der Waals surface area contributed by atoms with Gasteiger partial charge in [0.25, 0.3) is 5.91 Å². The molecule has 8 nitrogen and oxygen atoms in total. The Bertz CT molecular complexity index is 692. The summed E-state index contributed by atoms with van der Waals surface area (Å²) < 4.78 is 37.1. The quantitative estimate of drug-likeness (QED) is 0.715. The van der Waals surface area contributed by atoms with Gasteiger partial charge in [-0.25, -0.2) is 8.42 Å². The van der Waals surface area contributed by atoms with Crippen LogP contribution in [-0.4, -0.2) is 64.6 Å². The van der Waals surface area contributed by atoms with E-state index in [4.69, 9.17) is 15.2 Å². The molecule has 1 amide bonds. The van der Waals surface area contributed by atoms with Gasteiger partial charge in [0.05, 0.1) is 30.8 Å². The highest BCUT2D eigenvalue weighted by Crippen LogP contribution is 2.25. The maximum Gasteiger partial charge on any atom is 0.255 e. The molecule has 0 saturated carbocycles. The number of sulfonamides is 1. The number of rotatable bonds is 6. The molecule has 142 valence electrons. The van der Waals surface area contributed by atoms with E-state index in [-0.39, 0.29) is 35.5 Å². The number of morpholine rings is 1. The van der Waals surface area contributed by atoms with Crippen molar-refractivity contribution in [2.45, 2.75) is 17.9 Å². The monoisotopic (exact) mass is 393 g/mol. The molecule has 1 saturated heterocycles. The highest BCUT2D eigenvalue weighted by Gasteiger charge is 2.28. The molecule has 2 rings (SSSR count). The Hall–Kier alpha value is -1.39. The predicted molar refractivity (Wildman–Crippen MR) is 95.8 cm³/mol. The van der Waals surface area contributed by atoms with Crippen molar-refractivity contribution in [2.24, 2.45) is 5.73 Å². The Morgan fingerprint density at radius 1 is 1.40 bits per heavy atom. The van der Waals surface area contributed by atoms with Crippen molar-refractivity contribution in [1.29, 1.82) is 0 Å². The van der Waals surface area contributed by atoms with Crippen LogP contribution < -0.4 is 15.8 Å². The zero-order chi connectivity index (χ0) is 17.7. The summed E-state index contributed by atoms with van der Waals surface area (Å²) in [6.45, 7) is 3.34. The first-order chi connectivity index (χ1) is 11.4. The molecule has 1 aliphatic heterocycles. The van der Waals surface area contributed by atoms with Gasteiger partial charge in [-0.1, -0.05) is 0 Å². The first-order valence-electron chi connectivity index (χ1n) is 7.67. The zero-order valence-corrected chi connectivity index (χ0v) is 15.9. The molecule has 1 aromatic carbocycles. The minimum atomic E-state index is -3.68. The van der Waals surface area contributed by atoms with Crippen LogP contribution in [0.15, 0.2) is 23.1 Å². The second-order valence-electron chi connectivity index (χ2n) is 5.49. The van der Waals surface area contributed by atoms with E-state index in [1.165, 1.54) is 29.6 Å². The topological polar surface area (TPSA) is 111 Å². The number of nitrogens with two attached hydrogens (primary N) is 1. The molecule has 10 heteroatoms. The summed E-state index contributed by atoms with van der Waals surface area (Å²) >= 11 is 0. The molecule has 0 unspecified atom stereocenters. The lowest BCUT2D eigenvalue weighted by atomic mass is 10.1. The number of methoxy groups -OCH3 is 1. The summed E-state index contributed by atoms with van der Waals surface area (Å²) in [4.78, 5) is 12.4. The van der Waals surface area contributed by atoms with E-state index in [0.29, 0.717) is 32.1 Å². The lowest BCUT2D eigenvalue weighted by molar-refractivity contribution is 0.0730. The number of nitrogens with one attached hydrogen (secondary N) is 1. The number of carbonyl (C=O) groups is 1. The van der Waals surface area contributed by atoms with Crippen LogP contribution in [0, 0.1) is 0 Å². The minimum absolute atomic E-state index is 0. The van der Waals surface area contributed by atoms with Crippen LogP contribution >= 0.6 is 12.4 Å². The molecule has 1 atom stereocenters. The minimum Gasteiger partial charge on any atom is -0.496 e. The molecular weight excluding hydrogens is 370 g/mol. The Balaban J connectivity index is 0.00000312. The second kappa shape index (κ2) is 9.35. The van der Waals surface area contributed by atoms with Gasteiger partial charge in [-0.15, -0.1) is 12.4 Å². The van der Waals surface area contributed by atoms with E-state index in [1.807, 2.05) is 0 Å². The molecule has 1 heterocycles. The lowest BCUT2D eigenvalue weighted by Crippen LogP contribution is -2.41. The fourth-order valence-corrected chi connectivity index (χ4v) is 3.76. The first-order valence-corrected chi connectivity index (χ1v) is 9.11. The van der Waals surface area contributed by atoms with Crippen molar-refractivity contribution in [3.63, 3.8) is 0 Å². The van der Waals surface area contributed by atoms with Gasteiger partial charge in [0.2, 0.25) is 10.0 Å². The van der Waals surface area contributed by atoms with Gasteiger partial charge in [0.1, 0.15) is 5.75 Å². The molecule has 0 bridgehead atoms. The summed E-state index contributed by atoms with van der Waals surface area (Å²) in [5.41, 5.74) is 5.66. The largest absolute Gasteiger partial charge is 0.496 e. The fourth-order valence-electron chi connectivity index (χ4n) is 2.32. The van der Waals surface area contributed by atoms with Crippen LogP contribution in [-0.2, 0) is 14.8 Å². The molecule has 1 aliphatic rings. The molecule has 0 radical (unpaired) electrons. The van der Waals surface area contributed by atoms with Crippen molar-refractivity contribution in [3.05, 3.63) is 23.8 Å². The Labute approximate surface area is 154 Å². The number of hydrogen-bond acceptors (Lipinski definition) is 6. The second-order valence-corrected chi connectivity index (χ2v) is 7.43. The number of amides is 1. The number of hydrogen-bond donors (Lipinski definition) is 2. The SMILES string of the molecule is COc1ccc(S(=O)(=O)N2CCOCC2)cc1C(=O)N[C@@H](C)CN.Cl. The molecule has 0 spiro atoms. The number of nitrogens with zero attached hydrogens (tertiary/aromatic N) is 1. The summed E-state index contributed by atoms with van der Waals surface area (Å²) in [6.07, 6.45) is 0. The van der Waals surface area contributed by atoms with E-state index in [1.54, 1.807) is 6.92 Å². The highest BCUT2D eigenvalue weighted by atomic mass is 35.5. The standard InChI is InChI=1S/C15H23N3O5S.ClH/c1-11(10-16)17-15(19)13-9-12(3-4-14(13)22-2)24(20,21)18-5-7-23-8-6-18;/h3-4,9,11H,5-8,10,16H2,1-2H3,(H,17,19);1H/t11-;/m0./s1. The third-order valence-corrected chi connectivity index (χ3v) is 5.65. The number of halogens is 1. The molecule has 0 aliphatic carbocycles. The molecular formula is C15H24ClN3O5S. The van der Waals surface area contributed by atoms with E-state index in [0.717, 1.165) is 0 Å². The van der Waals surface area contributed by atoms with Crippen LogP contribution in [0.3, 0.4) is 0 Å². The fraction of sp³-hybridized carbons (Fsp3) is 0.533. The van der Waals surface area contributed by atoms with Gasteiger partial charge >= 0.3 is 0 Å². The Kier molecular flexibility index (Phi) is 8.10. The van der Waals surface area contributed by atoms with Crippen LogP contribution in [0.5, 0.6) is 5.75 Å². The third-order valence-electron chi connectivity index (χ3n) is 3.75. The summed E-state index contributed by atoms with van der Waals surface area (Å²) in [7, 11) is -2.26. The molecule has 3 N–H and O–H groups in total. The summed E-state index contributed by atoms with van der Waals surface area (Å²) in [5, 5.41) is 2.71. The number of ether oxygens (including phenoxy) is 2. The van der Waals surface area contributed by atoms with Crippen LogP contribution in [0.4, 0.5) is 0 Å². The smallest absolute Gasteiger partial charge is 0.255 e. The van der Waals surface area contributed by atoms with Gasteiger partial charge in [0.15, 0.2) is 0 Å².